The molecular formula is C28H26F5N7O. The van der Waals surface area contributed by atoms with Gasteiger partial charge >= 0.3 is 6.18 Å². The van der Waals surface area contributed by atoms with Crippen molar-refractivity contribution >= 4 is 17.2 Å². The summed E-state index contributed by atoms with van der Waals surface area (Å²) in [5.74, 6) is -2.24. The maximum absolute atomic E-state index is 14.2. The molecule has 5 heterocycles. The van der Waals surface area contributed by atoms with E-state index in [0.717, 1.165) is 30.3 Å². The first kappa shape index (κ1) is 26.1. The fourth-order valence-electron chi connectivity index (χ4n) is 6.85. The summed E-state index contributed by atoms with van der Waals surface area (Å²) in [4.78, 5) is 20.9. The summed E-state index contributed by atoms with van der Waals surface area (Å²) >= 11 is 0. The monoisotopic (exact) mass is 571 g/mol. The van der Waals surface area contributed by atoms with E-state index in [9.17, 15) is 26.7 Å². The number of hydrogen-bond acceptors (Lipinski definition) is 5. The number of rotatable bonds is 5. The smallest absolute Gasteiger partial charge is 0.320 e. The number of pyridine rings is 1. The Morgan fingerprint density at radius 1 is 1.12 bits per heavy atom. The third-order valence-electron chi connectivity index (χ3n) is 8.57. The summed E-state index contributed by atoms with van der Waals surface area (Å²) in [6.45, 7) is 0.704. The molecule has 13 heteroatoms. The molecule has 0 N–H and O–H groups in total. The molecule has 1 aromatic carbocycles. The number of aromatic nitrogens is 5. The maximum atomic E-state index is 14.2. The number of carbonyl (C=O) groups excluding carboxylic acids is 1. The minimum absolute atomic E-state index is 0.0718. The van der Waals surface area contributed by atoms with E-state index in [-0.39, 0.29) is 29.8 Å². The number of likely N-dealkylation sites (tertiary alicyclic amines) is 1. The van der Waals surface area contributed by atoms with Gasteiger partial charge in [-0.05, 0) is 53.6 Å². The lowest BCUT2D eigenvalue weighted by molar-refractivity contribution is -0.139. The van der Waals surface area contributed by atoms with Gasteiger partial charge in [-0.15, -0.1) is 10.2 Å². The molecule has 8 nitrogen and oxygen atoms in total. The minimum atomic E-state index is -4.73. The van der Waals surface area contributed by atoms with E-state index in [1.54, 1.807) is 23.1 Å². The van der Waals surface area contributed by atoms with Crippen molar-refractivity contribution in [1.82, 2.24) is 29.0 Å². The van der Waals surface area contributed by atoms with Crippen LogP contribution in [0.1, 0.15) is 58.2 Å². The van der Waals surface area contributed by atoms with Gasteiger partial charge in [0.05, 0.1) is 36.3 Å². The summed E-state index contributed by atoms with van der Waals surface area (Å²) in [5, 5.41) is 8.46. The van der Waals surface area contributed by atoms with Crippen molar-refractivity contribution in [1.29, 1.82) is 0 Å². The molecule has 0 atom stereocenters. The summed E-state index contributed by atoms with van der Waals surface area (Å²) in [6, 6.07) is 4.22. The molecule has 4 aromatic rings. The third kappa shape index (κ3) is 4.03. The summed E-state index contributed by atoms with van der Waals surface area (Å²) < 4.78 is 73.1. The highest BCUT2D eigenvalue weighted by molar-refractivity contribution is 6.12. The lowest BCUT2D eigenvalue weighted by Crippen LogP contribution is -2.55. The van der Waals surface area contributed by atoms with E-state index in [0.29, 0.717) is 17.3 Å². The Hall–Kier alpha value is -3.87. The molecule has 7 rings (SSSR count). The van der Waals surface area contributed by atoms with Crippen LogP contribution in [0.5, 0.6) is 0 Å². The number of alkyl halides is 5. The molecule has 1 aliphatic carbocycles. The normalized spacial score (nSPS) is 24.0. The molecule has 2 aliphatic heterocycles. The second kappa shape index (κ2) is 8.57. The second-order valence-corrected chi connectivity index (χ2v) is 11.7. The van der Waals surface area contributed by atoms with E-state index in [1.807, 2.05) is 23.9 Å². The van der Waals surface area contributed by atoms with Crippen LogP contribution in [0.2, 0.25) is 0 Å². The first-order valence-corrected chi connectivity index (χ1v) is 13.3. The van der Waals surface area contributed by atoms with Crippen molar-refractivity contribution in [2.75, 3.05) is 18.0 Å². The van der Waals surface area contributed by atoms with Crippen molar-refractivity contribution in [3.8, 4) is 0 Å². The van der Waals surface area contributed by atoms with Crippen LogP contribution in [0.3, 0.4) is 0 Å². The van der Waals surface area contributed by atoms with E-state index in [4.69, 9.17) is 0 Å². The minimum Gasteiger partial charge on any atom is -0.320 e. The molecule has 3 aliphatic rings. The number of amides is 1. The number of benzene rings is 1. The van der Waals surface area contributed by atoms with E-state index >= 15 is 0 Å². The van der Waals surface area contributed by atoms with Gasteiger partial charge in [-0.25, -0.2) is 13.8 Å². The Balaban J connectivity index is 1.31. The zero-order chi connectivity index (χ0) is 28.9. The molecule has 1 saturated heterocycles. The average Bonchev–Trinajstić information content (AvgIpc) is 3.58. The van der Waals surface area contributed by atoms with Crippen LogP contribution in [0.25, 0.3) is 5.65 Å². The van der Waals surface area contributed by atoms with Crippen molar-refractivity contribution in [2.24, 2.45) is 13.0 Å². The third-order valence-corrected chi connectivity index (χ3v) is 8.57. The summed E-state index contributed by atoms with van der Waals surface area (Å²) in [5.41, 5.74) is 0.272. The number of halogens is 5. The first-order chi connectivity index (χ1) is 19.3. The second-order valence-electron chi connectivity index (χ2n) is 11.7. The van der Waals surface area contributed by atoms with Crippen LogP contribution in [0.15, 0.2) is 43.1 Å². The fraction of sp³-hybridized carbons (Fsp3) is 0.429. The topological polar surface area (TPSA) is 71.6 Å². The van der Waals surface area contributed by atoms with Gasteiger partial charge in [0.25, 0.3) is 11.8 Å². The molecule has 41 heavy (non-hydrogen) atoms. The van der Waals surface area contributed by atoms with Crippen LogP contribution in [0, 0.1) is 5.92 Å². The number of hydrogen-bond donors (Lipinski definition) is 0. The number of nitrogens with zero attached hydrogens (tertiary/aromatic N) is 7. The molecule has 0 spiro atoms. The van der Waals surface area contributed by atoms with Crippen LogP contribution in [-0.4, -0.2) is 54.0 Å². The quantitative estimate of drug-likeness (QED) is 0.322. The first-order valence-electron chi connectivity index (χ1n) is 13.3. The van der Waals surface area contributed by atoms with Gasteiger partial charge in [-0.3, -0.25) is 9.69 Å². The molecule has 1 amide bonds. The Kier molecular flexibility index (Phi) is 5.45. The van der Waals surface area contributed by atoms with Gasteiger partial charge in [0.15, 0.2) is 5.65 Å². The predicted molar refractivity (Wildman–Crippen MR) is 138 cm³/mol. The van der Waals surface area contributed by atoms with Crippen molar-refractivity contribution < 1.29 is 26.7 Å². The molecule has 214 valence electrons. The van der Waals surface area contributed by atoms with Crippen molar-refractivity contribution in [3.63, 3.8) is 0 Å². The van der Waals surface area contributed by atoms with Gasteiger partial charge < -0.3 is 13.9 Å². The largest absolute Gasteiger partial charge is 0.416 e. The number of fused-ring (bicyclic) bond motifs is 2. The number of carbonyl (C=O) groups is 1. The molecule has 3 aromatic heterocycles. The highest BCUT2D eigenvalue weighted by atomic mass is 19.4. The van der Waals surface area contributed by atoms with E-state index < -0.39 is 42.1 Å². The Labute approximate surface area is 231 Å². The van der Waals surface area contributed by atoms with Gasteiger partial charge in [0, 0.05) is 37.7 Å². The van der Waals surface area contributed by atoms with Crippen LogP contribution in [0.4, 0.5) is 27.6 Å². The van der Waals surface area contributed by atoms with Gasteiger partial charge in [-0.1, -0.05) is 6.92 Å². The SMILES string of the molecule is CC1CC(c2cc(N3Cc4c(cc(CN5CC(F)(F)C5)cc4C(F)(F)F)C3=O)c3nccn3c2)(c2nncn2C)C1. The van der Waals surface area contributed by atoms with Gasteiger partial charge in [0.1, 0.15) is 12.2 Å². The molecular weight excluding hydrogens is 545 g/mol. The van der Waals surface area contributed by atoms with E-state index in [2.05, 4.69) is 22.1 Å². The van der Waals surface area contributed by atoms with Crippen molar-refractivity contribution in [2.45, 2.75) is 50.4 Å². The summed E-state index contributed by atoms with van der Waals surface area (Å²) in [7, 11) is 1.87. The van der Waals surface area contributed by atoms with Crippen LogP contribution >= 0.6 is 0 Å². The molecule has 0 unspecified atom stereocenters. The van der Waals surface area contributed by atoms with E-state index in [1.165, 1.54) is 15.9 Å². The number of anilines is 1. The predicted octanol–water partition coefficient (Wildman–Crippen LogP) is 4.81. The molecule has 0 bridgehead atoms. The number of imidazole rings is 1. The average molecular weight is 572 g/mol. The van der Waals surface area contributed by atoms with Crippen LogP contribution in [-0.2, 0) is 31.7 Å². The maximum Gasteiger partial charge on any atom is 0.416 e. The molecule has 0 radical (unpaired) electrons. The standard InChI is InChI=1S/C28H26F5N7O/c1-16-8-26(9-16,25-36-35-15-37(25)2)18-7-22(23-34-3-4-39(23)11-18)40-12-20-19(24(40)41)5-17(6-21(20)28(31,32)33)10-38-13-27(29,30)14-38/h3-7,11,15-16H,8-10,12-14H2,1-2H3. The number of aryl methyl sites for hydroxylation is 1. The fourth-order valence-corrected chi connectivity index (χ4v) is 6.85. The Morgan fingerprint density at radius 3 is 2.51 bits per heavy atom. The molecule has 2 fully saturated rings. The Bertz CT molecular complexity index is 1690. The Morgan fingerprint density at radius 2 is 1.88 bits per heavy atom. The lowest BCUT2D eigenvalue weighted by atomic mass is 9.59. The van der Waals surface area contributed by atoms with Crippen LogP contribution < -0.4 is 4.90 Å². The zero-order valence-corrected chi connectivity index (χ0v) is 22.3. The lowest BCUT2D eigenvalue weighted by Gasteiger charge is -2.46. The highest BCUT2D eigenvalue weighted by Gasteiger charge is 2.49. The zero-order valence-electron chi connectivity index (χ0n) is 22.3. The van der Waals surface area contributed by atoms with Crippen molar-refractivity contribution in [3.05, 3.63) is 76.8 Å². The molecule has 1 saturated carbocycles. The highest BCUT2D eigenvalue weighted by Crippen LogP contribution is 2.52. The summed E-state index contributed by atoms with van der Waals surface area (Å²) in [6.07, 6.45) is 3.75. The van der Waals surface area contributed by atoms with Gasteiger partial charge in [-0.2, -0.15) is 13.2 Å². The van der Waals surface area contributed by atoms with Gasteiger partial charge in [0.2, 0.25) is 0 Å².